The summed E-state index contributed by atoms with van der Waals surface area (Å²) in [6.07, 6.45) is 1.56. The molecule has 146 valence electrons. The van der Waals surface area contributed by atoms with Gasteiger partial charge in [0.05, 0.1) is 0 Å². The first-order valence-corrected chi connectivity index (χ1v) is 10.9. The van der Waals surface area contributed by atoms with E-state index in [0.717, 1.165) is 13.0 Å². The molecule has 2 aromatic rings. The van der Waals surface area contributed by atoms with Crippen LogP contribution >= 0.6 is 0 Å². The van der Waals surface area contributed by atoms with Gasteiger partial charge < -0.3 is 0 Å². The normalized spacial score (nSPS) is 25.0. The predicted molar refractivity (Wildman–Crippen MR) is 105 cm³/mol. The van der Waals surface area contributed by atoms with E-state index in [4.69, 9.17) is 4.74 Å². The van der Waals surface area contributed by atoms with E-state index < -0.39 is 23.6 Å². The Kier molecular flexibility index (Phi) is 6.68. The summed E-state index contributed by atoms with van der Waals surface area (Å²) >= 11 is 0.00470. The number of H-pyrrole nitrogens is 1. The van der Waals surface area contributed by atoms with Crippen molar-refractivity contribution >= 4 is 19.4 Å². The molecular weight excluding hydrogens is 413 g/mol. The van der Waals surface area contributed by atoms with Crippen LogP contribution in [0.2, 0.25) is 4.82 Å². The van der Waals surface area contributed by atoms with Crippen LogP contribution < -0.4 is 21.0 Å². The summed E-state index contributed by atoms with van der Waals surface area (Å²) in [6.45, 7) is 4.42. The third kappa shape index (κ3) is 4.42. The molecule has 0 amide bonds. The predicted octanol–water partition coefficient (Wildman–Crippen LogP) is -0.0789. The number of hydrogen-bond donors (Lipinski definition) is 3. The Morgan fingerprint density at radius 1 is 1.30 bits per heavy atom. The SMILES string of the molecule is CCCN[C@H]1[C@@H]([Se]c2ccccc2)[C@H](n2cc(C)c(=O)[nH]c2=O)O[C@@H]1CO. The number of nitrogens with zero attached hydrogens (tertiary/aromatic N) is 1. The number of hydrogen-bond acceptors (Lipinski definition) is 5. The summed E-state index contributed by atoms with van der Waals surface area (Å²) in [5.74, 6) is 0. The molecule has 0 unspecified atom stereocenters. The van der Waals surface area contributed by atoms with Crippen LogP contribution in [-0.4, -0.2) is 54.9 Å². The van der Waals surface area contributed by atoms with Crippen molar-refractivity contribution in [2.45, 2.75) is 43.5 Å². The van der Waals surface area contributed by atoms with Crippen molar-refractivity contribution in [2.24, 2.45) is 0 Å². The Morgan fingerprint density at radius 2 is 2.04 bits per heavy atom. The van der Waals surface area contributed by atoms with E-state index in [0.29, 0.717) is 5.56 Å². The molecule has 27 heavy (non-hydrogen) atoms. The average molecular weight is 438 g/mol. The van der Waals surface area contributed by atoms with Crippen LogP contribution in [0.1, 0.15) is 25.1 Å². The van der Waals surface area contributed by atoms with Gasteiger partial charge in [0, 0.05) is 0 Å². The fourth-order valence-electron chi connectivity index (χ4n) is 3.23. The maximum absolute atomic E-state index is 12.4. The van der Waals surface area contributed by atoms with Crippen molar-refractivity contribution < 1.29 is 9.84 Å². The Hall–Kier alpha value is -1.70. The van der Waals surface area contributed by atoms with Crippen LogP contribution in [0.15, 0.2) is 46.1 Å². The quantitative estimate of drug-likeness (QED) is 0.526. The van der Waals surface area contributed by atoms with Gasteiger partial charge >= 0.3 is 164 Å². The summed E-state index contributed by atoms with van der Waals surface area (Å²) in [5, 5.41) is 13.3. The number of benzene rings is 1. The van der Waals surface area contributed by atoms with Crippen molar-refractivity contribution in [3.63, 3.8) is 0 Å². The van der Waals surface area contributed by atoms with E-state index in [1.807, 2.05) is 18.2 Å². The first kappa shape index (κ1) is 20.0. The second kappa shape index (κ2) is 8.99. The molecule has 1 aliphatic heterocycles. The van der Waals surface area contributed by atoms with Gasteiger partial charge in [0.1, 0.15) is 0 Å². The number of aryl methyl sites for hydroxylation is 1. The van der Waals surface area contributed by atoms with E-state index >= 15 is 0 Å². The van der Waals surface area contributed by atoms with Gasteiger partial charge in [0.15, 0.2) is 0 Å². The zero-order chi connectivity index (χ0) is 19.4. The Morgan fingerprint density at radius 3 is 2.70 bits per heavy atom. The molecule has 3 N–H and O–H groups in total. The average Bonchev–Trinajstić information content (AvgIpc) is 3.01. The molecule has 8 heteroatoms. The topological polar surface area (TPSA) is 96.4 Å². The van der Waals surface area contributed by atoms with Gasteiger partial charge in [-0.05, 0) is 0 Å². The summed E-state index contributed by atoms with van der Waals surface area (Å²) in [7, 11) is 0. The Bertz CT molecular complexity index is 867. The van der Waals surface area contributed by atoms with E-state index in [1.54, 1.807) is 13.1 Å². The van der Waals surface area contributed by atoms with Gasteiger partial charge in [0.25, 0.3) is 0 Å². The van der Waals surface area contributed by atoms with Crippen LogP contribution in [0.5, 0.6) is 0 Å². The minimum absolute atomic E-state index is 0.00470. The number of aliphatic hydroxyl groups excluding tert-OH is 1. The molecule has 1 fully saturated rings. The van der Waals surface area contributed by atoms with Crippen LogP contribution in [-0.2, 0) is 4.74 Å². The minimum atomic E-state index is -0.542. The first-order chi connectivity index (χ1) is 13.0. The monoisotopic (exact) mass is 439 g/mol. The van der Waals surface area contributed by atoms with Crippen molar-refractivity contribution in [3.8, 4) is 0 Å². The fourth-order valence-corrected chi connectivity index (χ4v) is 6.08. The van der Waals surface area contributed by atoms with Gasteiger partial charge in [-0.2, -0.15) is 0 Å². The number of aromatic nitrogens is 2. The Labute approximate surface area is 163 Å². The van der Waals surface area contributed by atoms with Crippen LogP contribution in [0.3, 0.4) is 0 Å². The second-order valence-corrected chi connectivity index (χ2v) is 9.23. The van der Waals surface area contributed by atoms with E-state index in [-0.39, 0.29) is 32.4 Å². The van der Waals surface area contributed by atoms with Crippen LogP contribution in [0, 0.1) is 6.92 Å². The van der Waals surface area contributed by atoms with Gasteiger partial charge in [-0.25, -0.2) is 0 Å². The molecule has 1 aromatic carbocycles. The summed E-state index contributed by atoms with van der Waals surface area (Å²) in [5.41, 5.74) is -0.425. The van der Waals surface area contributed by atoms with Crippen molar-refractivity contribution in [3.05, 3.63) is 62.9 Å². The molecular formula is C19H25N3O4Se. The summed E-state index contributed by atoms with van der Waals surface area (Å²) in [6, 6.07) is 10.0. The summed E-state index contributed by atoms with van der Waals surface area (Å²) in [4.78, 5) is 26.5. The summed E-state index contributed by atoms with van der Waals surface area (Å²) < 4.78 is 8.77. The number of aromatic amines is 1. The molecule has 3 rings (SSSR count). The van der Waals surface area contributed by atoms with Crippen molar-refractivity contribution in [2.75, 3.05) is 13.2 Å². The van der Waals surface area contributed by atoms with Gasteiger partial charge in [0.2, 0.25) is 0 Å². The molecule has 0 spiro atoms. The molecule has 1 aromatic heterocycles. The van der Waals surface area contributed by atoms with Gasteiger partial charge in [-0.3, -0.25) is 0 Å². The van der Waals surface area contributed by atoms with Crippen LogP contribution in [0.4, 0.5) is 0 Å². The zero-order valence-electron chi connectivity index (χ0n) is 15.4. The fraction of sp³-hybridized carbons (Fsp3) is 0.474. The standard InChI is InChI=1S/C19H25N3O4Se/c1-3-9-20-15-14(11-23)26-18(16(15)27-13-7-5-4-6-8-13)22-10-12(2)17(24)21-19(22)25/h4-8,10,14-16,18,20,23H,3,9,11H2,1-2H3,(H,21,24,25)/t14-,15-,16-,18-/m1/s1. The molecule has 7 nitrogen and oxygen atoms in total. The molecule has 1 saturated heterocycles. The third-order valence-electron chi connectivity index (χ3n) is 4.60. The molecule has 0 radical (unpaired) electrons. The number of ether oxygens (including phenoxy) is 1. The molecule has 0 aliphatic carbocycles. The van der Waals surface area contributed by atoms with E-state index in [1.165, 1.54) is 9.03 Å². The van der Waals surface area contributed by atoms with Crippen LogP contribution in [0.25, 0.3) is 0 Å². The van der Waals surface area contributed by atoms with Crippen molar-refractivity contribution in [1.82, 2.24) is 14.9 Å². The zero-order valence-corrected chi connectivity index (χ0v) is 17.1. The number of rotatable bonds is 7. The molecule has 4 atom stereocenters. The van der Waals surface area contributed by atoms with Gasteiger partial charge in [-0.15, -0.1) is 0 Å². The van der Waals surface area contributed by atoms with Gasteiger partial charge in [-0.1, -0.05) is 0 Å². The molecule has 1 aliphatic rings. The Balaban J connectivity index is 2.00. The maximum atomic E-state index is 12.4. The molecule has 0 saturated carbocycles. The van der Waals surface area contributed by atoms with E-state index in [9.17, 15) is 14.7 Å². The van der Waals surface area contributed by atoms with E-state index in [2.05, 4.69) is 29.4 Å². The number of nitrogens with one attached hydrogen (secondary N) is 2. The second-order valence-electron chi connectivity index (χ2n) is 6.60. The number of aliphatic hydroxyl groups is 1. The molecule has 2 heterocycles. The first-order valence-electron chi connectivity index (χ1n) is 9.08. The van der Waals surface area contributed by atoms with Crippen molar-refractivity contribution in [1.29, 1.82) is 0 Å². The molecule has 0 bridgehead atoms. The third-order valence-corrected chi connectivity index (χ3v) is 7.41.